The van der Waals surface area contributed by atoms with Crippen molar-refractivity contribution in [1.82, 2.24) is 20.9 Å². The van der Waals surface area contributed by atoms with Crippen molar-refractivity contribution in [2.24, 2.45) is 10.4 Å². The molecule has 0 bridgehead atoms. The fourth-order valence-corrected chi connectivity index (χ4v) is 2.72. The van der Waals surface area contributed by atoms with E-state index in [-0.39, 0.29) is 18.4 Å². The van der Waals surface area contributed by atoms with Crippen molar-refractivity contribution in [1.29, 1.82) is 0 Å². The quantitative estimate of drug-likeness (QED) is 0.441. The number of carbonyl (C=O) groups excluding carboxylic acids is 2. The van der Waals surface area contributed by atoms with Gasteiger partial charge in [0.1, 0.15) is 6.54 Å². The first-order chi connectivity index (χ1) is 12.3. The lowest BCUT2D eigenvalue weighted by Crippen LogP contribution is -2.48. The minimum atomic E-state index is -0.586. The van der Waals surface area contributed by atoms with Crippen molar-refractivity contribution in [3.8, 4) is 0 Å². The highest BCUT2D eigenvalue weighted by molar-refractivity contribution is 7.09. The van der Waals surface area contributed by atoms with Crippen LogP contribution in [0.1, 0.15) is 25.6 Å². The summed E-state index contributed by atoms with van der Waals surface area (Å²) >= 11 is 1.71. The molecule has 0 radical (unpaired) electrons. The summed E-state index contributed by atoms with van der Waals surface area (Å²) in [5.41, 5.74) is -0.586. The van der Waals surface area contributed by atoms with E-state index in [4.69, 9.17) is 0 Å². The predicted octanol–water partition coefficient (Wildman–Crippen LogP) is 1.08. The highest BCUT2D eigenvalue weighted by Gasteiger charge is 2.27. The number of rotatable bonds is 9. The van der Waals surface area contributed by atoms with E-state index in [9.17, 15) is 9.59 Å². The van der Waals surface area contributed by atoms with Crippen molar-refractivity contribution in [2.75, 3.05) is 40.3 Å². The van der Waals surface area contributed by atoms with Crippen LogP contribution in [0.3, 0.4) is 0 Å². The molecule has 1 aromatic heterocycles. The Bertz CT molecular complexity index is 597. The summed E-state index contributed by atoms with van der Waals surface area (Å²) in [5.74, 6) is 0.441. The Balaban J connectivity index is 2.65. The van der Waals surface area contributed by atoms with Gasteiger partial charge in [0, 0.05) is 38.6 Å². The third-order valence-corrected chi connectivity index (χ3v) is 4.70. The van der Waals surface area contributed by atoms with Gasteiger partial charge < -0.3 is 20.9 Å². The smallest absolute Gasteiger partial charge is 0.243 e. The average molecular weight is 382 g/mol. The average Bonchev–Trinajstić information content (AvgIpc) is 3.10. The standard InChI is InChI=1S/C18H31N5O2S/c1-6-19-16(25)18(2,3)13-22-17(21-12-15(24)23(4)5)20-10-9-14-8-7-11-26-14/h7-8,11H,6,9-10,12-13H2,1-5H3,(H,19,25)(H2,20,21,22). The monoisotopic (exact) mass is 381 g/mol. The summed E-state index contributed by atoms with van der Waals surface area (Å²) in [6.07, 6.45) is 0.875. The molecule has 1 heterocycles. The number of aliphatic imine (C=N–C) groups is 1. The van der Waals surface area contributed by atoms with E-state index < -0.39 is 5.41 Å². The van der Waals surface area contributed by atoms with Gasteiger partial charge in [0.25, 0.3) is 0 Å². The van der Waals surface area contributed by atoms with E-state index in [0.29, 0.717) is 25.6 Å². The maximum absolute atomic E-state index is 12.1. The van der Waals surface area contributed by atoms with Gasteiger partial charge in [-0.1, -0.05) is 6.07 Å². The molecule has 0 spiro atoms. The highest BCUT2D eigenvalue weighted by atomic mass is 32.1. The van der Waals surface area contributed by atoms with Crippen LogP contribution in [0.4, 0.5) is 0 Å². The van der Waals surface area contributed by atoms with Crippen LogP contribution in [0.25, 0.3) is 0 Å². The molecule has 0 aromatic carbocycles. The third-order valence-electron chi connectivity index (χ3n) is 3.76. The zero-order valence-corrected chi connectivity index (χ0v) is 17.2. The van der Waals surface area contributed by atoms with Crippen LogP contribution in [0.15, 0.2) is 22.5 Å². The number of amides is 2. The SMILES string of the molecule is CCNC(=O)C(C)(C)CNC(=NCC(=O)N(C)C)NCCc1cccs1. The molecule has 146 valence electrons. The molecule has 26 heavy (non-hydrogen) atoms. The Morgan fingerprint density at radius 2 is 1.96 bits per heavy atom. The summed E-state index contributed by atoms with van der Waals surface area (Å²) < 4.78 is 0. The number of nitrogens with one attached hydrogen (secondary N) is 3. The van der Waals surface area contributed by atoms with Crippen LogP contribution in [-0.4, -0.2) is 62.9 Å². The van der Waals surface area contributed by atoms with Crippen molar-refractivity contribution >= 4 is 29.1 Å². The number of nitrogens with zero attached hydrogens (tertiary/aromatic N) is 2. The summed E-state index contributed by atoms with van der Waals surface area (Å²) in [5, 5.41) is 11.3. The molecule has 1 aromatic rings. The van der Waals surface area contributed by atoms with Crippen LogP contribution >= 0.6 is 11.3 Å². The Labute approximate surface area is 160 Å². The number of thiophene rings is 1. The Hall–Kier alpha value is -2.09. The van der Waals surface area contributed by atoms with Crippen molar-refractivity contribution in [3.63, 3.8) is 0 Å². The number of carbonyl (C=O) groups is 2. The van der Waals surface area contributed by atoms with Gasteiger partial charge >= 0.3 is 0 Å². The fourth-order valence-electron chi connectivity index (χ4n) is 2.01. The summed E-state index contributed by atoms with van der Waals surface area (Å²) in [6, 6.07) is 4.11. The summed E-state index contributed by atoms with van der Waals surface area (Å²) in [7, 11) is 3.40. The van der Waals surface area contributed by atoms with Crippen LogP contribution < -0.4 is 16.0 Å². The van der Waals surface area contributed by atoms with Gasteiger partial charge in [-0.25, -0.2) is 4.99 Å². The van der Waals surface area contributed by atoms with Gasteiger partial charge in [-0.2, -0.15) is 0 Å². The minimum absolute atomic E-state index is 0.0187. The molecule has 0 saturated heterocycles. The molecule has 3 N–H and O–H groups in total. The normalized spacial score (nSPS) is 11.8. The summed E-state index contributed by atoms with van der Waals surface area (Å²) in [4.78, 5) is 31.1. The third kappa shape index (κ3) is 7.86. The predicted molar refractivity (Wildman–Crippen MR) is 107 cm³/mol. The fraction of sp³-hybridized carbons (Fsp3) is 0.611. The lowest BCUT2D eigenvalue weighted by molar-refractivity contribution is -0.129. The summed E-state index contributed by atoms with van der Waals surface area (Å²) in [6.45, 7) is 7.41. The molecule has 2 amide bonds. The van der Waals surface area contributed by atoms with Gasteiger partial charge in [-0.15, -0.1) is 11.3 Å². The maximum Gasteiger partial charge on any atom is 0.243 e. The van der Waals surface area contributed by atoms with E-state index in [1.807, 2.05) is 32.2 Å². The van der Waals surface area contributed by atoms with Crippen LogP contribution in [0.5, 0.6) is 0 Å². The van der Waals surface area contributed by atoms with E-state index in [1.54, 1.807) is 25.4 Å². The lowest BCUT2D eigenvalue weighted by atomic mass is 9.92. The molecule has 0 aliphatic carbocycles. The molecular formula is C18H31N5O2S. The molecular weight excluding hydrogens is 350 g/mol. The van der Waals surface area contributed by atoms with Crippen molar-refractivity contribution in [3.05, 3.63) is 22.4 Å². The van der Waals surface area contributed by atoms with Crippen LogP contribution in [0, 0.1) is 5.41 Å². The topological polar surface area (TPSA) is 85.8 Å². The van der Waals surface area contributed by atoms with Gasteiger partial charge in [0.05, 0.1) is 5.41 Å². The first-order valence-electron chi connectivity index (χ1n) is 8.79. The molecule has 0 aliphatic rings. The van der Waals surface area contributed by atoms with Gasteiger partial charge in [-0.3, -0.25) is 9.59 Å². The second kappa shape index (κ2) is 10.8. The van der Waals surface area contributed by atoms with Gasteiger partial charge in [0.2, 0.25) is 11.8 Å². The van der Waals surface area contributed by atoms with E-state index >= 15 is 0 Å². The molecule has 0 fully saturated rings. The zero-order valence-electron chi connectivity index (χ0n) is 16.4. The molecule has 0 unspecified atom stereocenters. The molecule has 0 saturated carbocycles. The lowest BCUT2D eigenvalue weighted by Gasteiger charge is -2.25. The molecule has 0 atom stereocenters. The Kier molecular flexibility index (Phi) is 9.12. The molecule has 0 aliphatic heterocycles. The van der Waals surface area contributed by atoms with Crippen LogP contribution in [0.2, 0.25) is 0 Å². The van der Waals surface area contributed by atoms with Crippen LogP contribution in [-0.2, 0) is 16.0 Å². The second-order valence-corrected chi connectivity index (χ2v) is 7.84. The van der Waals surface area contributed by atoms with E-state index in [0.717, 1.165) is 6.42 Å². The van der Waals surface area contributed by atoms with Crippen molar-refractivity contribution < 1.29 is 9.59 Å². The molecule has 7 nitrogen and oxygen atoms in total. The van der Waals surface area contributed by atoms with Crippen molar-refractivity contribution in [2.45, 2.75) is 27.2 Å². The molecule has 1 rings (SSSR count). The first-order valence-corrected chi connectivity index (χ1v) is 9.67. The number of hydrogen-bond acceptors (Lipinski definition) is 4. The van der Waals surface area contributed by atoms with Gasteiger partial charge in [-0.05, 0) is 38.6 Å². The number of guanidine groups is 1. The maximum atomic E-state index is 12.1. The van der Waals surface area contributed by atoms with Gasteiger partial charge in [0.15, 0.2) is 5.96 Å². The molecule has 8 heteroatoms. The number of likely N-dealkylation sites (N-methyl/N-ethyl adjacent to an activating group) is 1. The Morgan fingerprint density at radius 3 is 2.54 bits per heavy atom. The van der Waals surface area contributed by atoms with E-state index in [2.05, 4.69) is 27.0 Å². The number of hydrogen-bond donors (Lipinski definition) is 3. The highest BCUT2D eigenvalue weighted by Crippen LogP contribution is 2.13. The minimum Gasteiger partial charge on any atom is -0.356 e. The second-order valence-electron chi connectivity index (χ2n) is 6.81. The Morgan fingerprint density at radius 1 is 1.23 bits per heavy atom. The zero-order chi connectivity index (χ0) is 19.6. The van der Waals surface area contributed by atoms with E-state index in [1.165, 1.54) is 9.78 Å². The first kappa shape index (κ1) is 22.0. The largest absolute Gasteiger partial charge is 0.356 e.